The Labute approximate surface area is 130 Å². The number of hydrogen-bond acceptors (Lipinski definition) is 5. The van der Waals surface area contributed by atoms with Crippen LogP contribution in [0.3, 0.4) is 0 Å². The van der Waals surface area contributed by atoms with Gasteiger partial charge in [0.15, 0.2) is 0 Å². The molecule has 23 heavy (non-hydrogen) atoms. The quantitative estimate of drug-likeness (QED) is 0.438. The number of aromatic nitrogens is 2. The molecule has 0 unspecified atom stereocenters. The Morgan fingerprint density at radius 3 is 2.87 bits per heavy atom. The molecule has 0 saturated carbocycles. The molecule has 0 aliphatic rings. The summed E-state index contributed by atoms with van der Waals surface area (Å²) in [5, 5.41) is 8.67. The van der Waals surface area contributed by atoms with Crippen molar-refractivity contribution in [1.29, 1.82) is 0 Å². The van der Waals surface area contributed by atoms with Gasteiger partial charge in [0.2, 0.25) is 0 Å². The third-order valence-corrected chi connectivity index (χ3v) is 3.29. The average molecular weight is 316 g/mol. The maximum Gasteiger partial charge on any atom is 0.274 e. The Morgan fingerprint density at radius 2 is 2.13 bits per heavy atom. The molecule has 118 valence electrons. The standard InChI is InChI=1S/C15H13FN4O3/c1-23-20-9-3-4-11(16)10(7-9)14-17-12-5-2-8(15(21)19-22)6-13(12)18-14/h2-7,20,22H,1H3,(H,17,18)(H,19,21). The van der Waals surface area contributed by atoms with E-state index in [0.29, 0.717) is 22.5 Å². The molecule has 1 heterocycles. The van der Waals surface area contributed by atoms with Gasteiger partial charge in [-0.05, 0) is 36.4 Å². The third kappa shape index (κ3) is 2.85. The predicted molar refractivity (Wildman–Crippen MR) is 81.4 cm³/mol. The van der Waals surface area contributed by atoms with Gasteiger partial charge in [-0.1, -0.05) is 0 Å². The van der Waals surface area contributed by atoms with E-state index in [9.17, 15) is 9.18 Å². The van der Waals surface area contributed by atoms with E-state index in [2.05, 4.69) is 15.4 Å². The summed E-state index contributed by atoms with van der Waals surface area (Å²) in [6, 6.07) is 9.03. The molecule has 0 aliphatic carbocycles. The Morgan fingerprint density at radius 1 is 1.30 bits per heavy atom. The number of carbonyl (C=O) groups excluding carboxylic acids is 1. The molecule has 8 heteroatoms. The fraction of sp³-hybridized carbons (Fsp3) is 0.0667. The first-order valence-electron chi connectivity index (χ1n) is 6.65. The Hall–Kier alpha value is -2.97. The number of H-pyrrole nitrogens is 1. The van der Waals surface area contributed by atoms with Crippen molar-refractivity contribution in [2.24, 2.45) is 0 Å². The molecular weight excluding hydrogens is 303 g/mol. The van der Waals surface area contributed by atoms with Gasteiger partial charge in [0.05, 0.1) is 29.4 Å². The van der Waals surface area contributed by atoms with Crippen molar-refractivity contribution in [3.63, 3.8) is 0 Å². The van der Waals surface area contributed by atoms with Crippen molar-refractivity contribution in [3.05, 3.63) is 47.8 Å². The summed E-state index contributed by atoms with van der Waals surface area (Å²) < 4.78 is 14.1. The molecule has 4 N–H and O–H groups in total. The summed E-state index contributed by atoms with van der Waals surface area (Å²) in [7, 11) is 1.46. The van der Waals surface area contributed by atoms with Crippen molar-refractivity contribution in [3.8, 4) is 11.4 Å². The van der Waals surface area contributed by atoms with Crippen molar-refractivity contribution >= 4 is 22.6 Å². The Balaban J connectivity index is 2.06. The van der Waals surface area contributed by atoms with E-state index >= 15 is 0 Å². The van der Waals surface area contributed by atoms with Crippen LogP contribution >= 0.6 is 0 Å². The second-order valence-corrected chi connectivity index (χ2v) is 4.76. The number of halogens is 1. The van der Waals surface area contributed by atoms with Gasteiger partial charge in [0.25, 0.3) is 5.91 Å². The van der Waals surface area contributed by atoms with E-state index in [1.165, 1.54) is 31.4 Å². The number of benzene rings is 2. The van der Waals surface area contributed by atoms with Crippen molar-refractivity contribution in [2.75, 3.05) is 12.6 Å². The summed E-state index contributed by atoms with van der Waals surface area (Å²) in [6.07, 6.45) is 0. The van der Waals surface area contributed by atoms with Crippen LogP contribution in [0.5, 0.6) is 0 Å². The monoisotopic (exact) mass is 316 g/mol. The number of hydroxylamine groups is 1. The zero-order valence-corrected chi connectivity index (χ0v) is 12.1. The molecule has 3 rings (SSSR count). The van der Waals surface area contributed by atoms with Gasteiger partial charge in [-0.3, -0.25) is 20.3 Å². The molecule has 3 aromatic rings. The minimum Gasteiger partial charge on any atom is -0.338 e. The second-order valence-electron chi connectivity index (χ2n) is 4.76. The lowest BCUT2D eigenvalue weighted by Crippen LogP contribution is -2.18. The normalized spacial score (nSPS) is 10.7. The third-order valence-electron chi connectivity index (χ3n) is 3.29. The number of carbonyl (C=O) groups is 1. The summed E-state index contributed by atoms with van der Waals surface area (Å²) in [5.74, 6) is -0.765. The number of aromatic amines is 1. The summed E-state index contributed by atoms with van der Waals surface area (Å²) in [5.41, 5.74) is 6.39. The lowest BCUT2D eigenvalue weighted by atomic mass is 10.2. The maximum absolute atomic E-state index is 14.1. The highest BCUT2D eigenvalue weighted by Gasteiger charge is 2.13. The first-order valence-corrected chi connectivity index (χ1v) is 6.65. The number of fused-ring (bicyclic) bond motifs is 1. The molecule has 1 amide bonds. The number of nitrogens with zero attached hydrogens (tertiary/aromatic N) is 1. The van der Waals surface area contributed by atoms with E-state index in [-0.39, 0.29) is 11.1 Å². The highest BCUT2D eigenvalue weighted by atomic mass is 19.1. The topological polar surface area (TPSA) is 99.3 Å². The zero-order chi connectivity index (χ0) is 16.4. The van der Waals surface area contributed by atoms with Crippen LogP contribution in [0.25, 0.3) is 22.4 Å². The number of amides is 1. The van der Waals surface area contributed by atoms with Crippen molar-refractivity contribution < 1.29 is 19.2 Å². The molecule has 7 nitrogen and oxygen atoms in total. The maximum atomic E-state index is 14.1. The molecule has 0 atom stereocenters. The van der Waals surface area contributed by atoms with Crippen LogP contribution in [0.1, 0.15) is 10.4 Å². The number of anilines is 1. The van der Waals surface area contributed by atoms with Crippen LogP contribution in [0, 0.1) is 5.82 Å². The first-order chi connectivity index (χ1) is 11.1. The molecule has 1 aromatic heterocycles. The van der Waals surface area contributed by atoms with Gasteiger partial charge in [0, 0.05) is 5.56 Å². The lowest BCUT2D eigenvalue weighted by molar-refractivity contribution is 0.0706. The number of rotatable bonds is 4. The molecule has 0 spiro atoms. The van der Waals surface area contributed by atoms with Crippen molar-refractivity contribution in [1.82, 2.24) is 15.4 Å². The van der Waals surface area contributed by atoms with Crippen LogP contribution < -0.4 is 11.0 Å². The average Bonchev–Trinajstić information content (AvgIpc) is 2.98. The predicted octanol–water partition coefficient (Wildman–Crippen LogP) is 2.46. The van der Waals surface area contributed by atoms with Crippen LogP contribution in [-0.2, 0) is 4.84 Å². The zero-order valence-electron chi connectivity index (χ0n) is 12.1. The van der Waals surface area contributed by atoms with E-state index in [4.69, 9.17) is 10.0 Å². The van der Waals surface area contributed by atoms with Gasteiger partial charge in [-0.25, -0.2) is 14.9 Å². The van der Waals surface area contributed by atoms with E-state index in [0.717, 1.165) is 0 Å². The fourth-order valence-corrected chi connectivity index (χ4v) is 2.23. The van der Waals surface area contributed by atoms with Crippen molar-refractivity contribution in [2.45, 2.75) is 0 Å². The summed E-state index contributed by atoms with van der Waals surface area (Å²) in [4.78, 5) is 23.5. The highest BCUT2D eigenvalue weighted by Crippen LogP contribution is 2.26. The summed E-state index contributed by atoms with van der Waals surface area (Å²) >= 11 is 0. The molecular formula is C15H13FN4O3. The molecule has 0 saturated heterocycles. The van der Waals surface area contributed by atoms with E-state index in [1.807, 2.05) is 0 Å². The van der Waals surface area contributed by atoms with E-state index < -0.39 is 11.7 Å². The van der Waals surface area contributed by atoms with Crippen LogP contribution in [-0.4, -0.2) is 28.2 Å². The fourth-order valence-electron chi connectivity index (χ4n) is 2.23. The first kappa shape index (κ1) is 14.9. The molecule has 0 aliphatic heterocycles. The Kier molecular flexibility index (Phi) is 3.92. The van der Waals surface area contributed by atoms with Crippen LogP contribution in [0.4, 0.5) is 10.1 Å². The summed E-state index contributed by atoms with van der Waals surface area (Å²) in [6.45, 7) is 0. The molecule has 0 radical (unpaired) electrons. The van der Waals surface area contributed by atoms with Gasteiger partial charge in [0.1, 0.15) is 11.6 Å². The van der Waals surface area contributed by atoms with Crippen LogP contribution in [0.15, 0.2) is 36.4 Å². The van der Waals surface area contributed by atoms with Gasteiger partial charge < -0.3 is 4.98 Å². The molecule has 0 bridgehead atoms. The molecule has 0 fully saturated rings. The minimum absolute atomic E-state index is 0.255. The van der Waals surface area contributed by atoms with Gasteiger partial charge in [-0.2, -0.15) is 0 Å². The number of imidazole rings is 1. The minimum atomic E-state index is -0.638. The smallest absolute Gasteiger partial charge is 0.274 e. The van der Waals surface area contributed by atoms with E-state index in [1.54, 1.807) is 17.6 Å². The highest BCUT2D eigenvalue weighted by molar-refractivity contribution is 5.97. The number of nitrogens with one attached hydrogen (secondary N) is 3. The largest absolute Gasteiger partial charge is 0.338 e. The second kappa shape index (κ2) is 6.03. The van der Waals surface area contributed by atoms with Crippen LogP contribution in [0.2, 0.25) is 0 Å². The van der Waals surface area contributed by atoms with Gasteiger partial charge in [-0.15, -0.1) is 0 Å². The number of hydrogen-bond donors (Lipinski definition) is 4. The SMILES string of the molecule is CONc1ccc(F)c(-c2nc3ccc(C(=O)NO)cc3[nH]2)c1. The Bertz CT molecular complexity index is 878. The lowest BCUT2D eigenvalue weighted by Gasteiger charge is -2.05. The van der Waals surface area contributed by atoms with Gasteiger partial charge >= 0.3 is 0 Å². The molecule has 2 aromatic carbocycles.